The minimum atomic E-state index is -0.200. The van der Waals surface area contributed by atoms with E-state index in [0.717, 1.165) is 10.0 Å². The molecule has 0 radical (unpaired) electrons. The molecular formula is C14H20BrNO2. The highest BCUT2D eigenvalue weighted by molar-refractivity contribution is 9.10. The van der Waals surface area contributed by atoms with Gasteiger partial charge in [0.05, 0.1) is 13.0 Å². The maximum atomic E-state index is 11.9. The molecule has 0 spiro atoms. The first-order chi connectivity index (χ1) is 8.51. The van der Waals surface area contributed by atoms with Gasteiger partial charge in [0.15, 0.2) is 0 Å². The van der Waals surface area contributed by atoms with Gasteiger partial charge in [-0.1, -0.05) is 41.9 Å². The molecule has 0 saturated heterocycles. The van der Waals surface area contributed by atoms with Crippen LogP contribution in [-0.4, -0.2) is 20.1 Å². The third kappa shape index (κ3) is 3.56. The molecule has 0 aliphatic heterocycles. The SMILES string of the molecule is CNC(c1cccc(Br)c1)C(C(=O)OC)C(C)C. The lowest BCUT2D eigenvalue weighted by Crippen LogP contribution is -2.35. The Balaban J connectivity index is 3.10. The molecule has 2 atom stereocenters. The van der Waals surface area contributed by atoms with Gasteiger partial charge in [-0.25, -0.2) is 0 Å². The quantitative estimate of drug-likeness (QED) is 0.849. The first-order valence-electron chi connectivity index (χ1n) is 6.01. The summed E-state index contributed by atoms with van der Waals surface area (Å²) in [5.41, 5.74) is 1.08. The van der Waals surface area contributed by atoms with Gasteiger partial charge in [-0.3, -0.25) is 4.79 Å². The lowest BCUT2D eigenvalue weighted by atomic mass is 9.84. The molecule has 1 aromatic rings. The van der Waals surface area contributed by atoms with E-state index in [1.165, 1.54) is 7.11 Å². The zero-order valence-electron chi connectivity index (χ0n) is 11.2. The van der Waals surface area contributed by atoms with Crippen LogP contribution in [0.15, 0.2) is 28.7 Å². The Bertz CT molecular complexity index is 407. The molecule has 0 aliphatic carbocycles. The molecule has 1 aromatic carbocycles. The predicted octanol–water partition coefficient (Wildman–Crippen LogP) is 3.15. The fourth-order valence-electron chi connectivity index (χ4n) is 2.18. The highest BCUT2D eigenvalue weighted by Gasteiger charge is 2.32. The van der Waals surface area contributed by atoms with E-state index < -0.39 is 0 Å². The fourth-order valence-corrected chi connectivity index (χ4v) is 2.60. The highest BCUT2D eigenvalue weighted by atomic mass is 79.9. The maximum Gasteiger partial charge on any atom is 0.310 e. The Morgan fingerprint density at radius 3 is 2.50 bits per heavy atom. The van der Waals surface area contributed by atoms with Crippen molar-refractivity contribution in [2.24, 2.45) is 11.8 Å². The van der Waals surface area contributed by atoms with Gasteiger partial charge in [0, 0.05) is 10.5 Å². The molecule has 0 fully saturated rings. The lowest BCUT2D eigenvalue weighted by Gasteiger charge is -2.28. The molecule has 0 heterocycles. The second kappa shape index (κ2) is 6.90. The topological polar surface area (TPSA) is 38.3 Å². The van der Waals surface area contributed by atoms with Crippen LogP contribution in [0.5, 0.6) is 0 Å². The van der Waals surface area contributed by atoms with Crippen LogP contribution in [0.4, 0.5) is 0 Å². The Morgan fingerprint density at radius 1 is 1.39 bits per heavy atom. The molecule has 0 bridgehead atoms. The summed E-state index contributed by atoms with van der Waals surface area (Å²) in [5.74, 6) is -0.174. The summed E-state index contributed by atoms with van der Waals surface area (Å²) in [4.78, 5) is 11.9. The van der Waals surface area contributed by atoms with Crippen molar-refractivity contribution in [3.05, 3.63) is 34.3 Å². The molecule has 4 heteroatoms. The van der Waals surface area contributed by atoms with Gasteiger partial charge in [-0.15, -0.1) is 0 Å². The maximum absolute atomic E-state index is 11.9. The minimum Gasteiger partial charge on any atom is -0.469 e. The number of benzene rings is 1. The number of rotatable bonds is 5. The van der Waals surface area contributed by atoms with Gasteiger partial charge < -0.3 is 10.1 Å². The second-order valence-corrected chi connectivity index (χ2v) is 5.53. The van der Waals surface area contributed by atoms with Crippen molar-refractivity contribution in [3.8, 4) is 0 Å². The van der Waals surface area contributed by atoms with Crippen LogP contribution in [0, 0.1) is 11.8 Å². The number of hydrogen-bond donors (Lipinski definition) is 1. The van der Waals surface area contributed by atoms with E-state index in [-0.39, 0.29) is 23.8 Å². The van der Waals surface area contributed by atoms with Gasteiger partial charge in [-0.05, 0) is 30.7 Å². The van der Waals surface area contributed by atoms with E-state index in [9.17, 15) is 4.79 Å². The normalized spacial score (nSPS) is 14.3. The van der Waals surface area contributed by atoms with E-state index in [1.54, 1.807) is 0 Å². The smallest absolute Gasteiger partial charge is 0.310 e. The fraction of sp³-hybridized carbons (Fsp3) is 0.500. The summed E-state index contributed by atoms with van der Waals surface area (Å²) in [6.07, 6.45) is 0. The third-order valence-corrected chi connectivity index (χ3v) is 3.56. The van der Waals surface area contributed by atoms with Crippen LogP contribution >= 0.6 is 15.9 Å². The zero-order chi connectivity index (χ0) is 13.7. The van der Waals surface area contributed by atoms with E-state index in [4.69, 9.17) is 4.74 Å². The molecule has 0 aromatic heterocycles. The molecule has 2 unspecified atom stereocenters. The Hall–Kier alpha value is -0.870. The molecule has 0 amide bonds. The van der Waals surface area contributed by atoms with Crippen molar-refractivity contribution in [1.82, 2.24) is 5.32 Å². The van der Waals surface area contributed by atoms with Crippen LogP contribution in [0.3, 0.4) is 0 Å². The number of ether oxygens (including phenoxy) is 1. The first kappa shape index (κ1) is 15.2. The van der Waals surface area contributed by atoms with E-state index >= 15 is 0 Å². The van der Waals surface area contributed by atoms with Gasteiger partial charge in [0.2, 0.25) is 0 Å². The summed E-state index contributed by atoms with van der Waals surface area (Å²) in [5, 5.41) is 3.22. The molecule has 1 rings (SSSR count). The number of hydrogen-bond acceptors (Lipinski definition) is 3. The highest BCUT2D eigenvalue weighted by Crippen LogP contribution is 2.30. The summed E-state index contributed by atoms with van der Waals surface area (Å²) in [6.45, 7) is 4.06. The van der Waals surface area contributed by atoms with Crippen LogP contribution in [-0.2, 0) is 9.53 Å². The van der Waals surface area contributed by atoms with Gasteiger partial charge in [-0.2, -0.15) is 0 Å². The number of methoxy groups -OCH3 is 1. The second-order valence-electron chi connectivity index (χ2n) is 4.61. The monoisotopic (exact) mass is 313 g/mol. The average Bonchev–Trinajstić information content (AvgIpc) is 2.34. The number of carbonyl (C=O) groups is 1. The Kier molecular flexibility index (Phi) is 5.82. The van der Waals surface area contributed by atoms with E-state index in [2.05, 4.69) is 21.2 Å². The molecule has 3 nitrogen and oxygen atoms in total. The zero-order valence-corrected chi connectivity index (χ0v) is 12.8. The predicted molar refractivity (Wildman–Crippen MR) is 76.3 cm³/mol. The molecule has 18 heavy (non-hydrogen) atoms. The van der Waals surface area contributed by atoms with Crippen LogP contribution in [0.2, 0.25) is 0 Å². The van der Waals surface area contributed by atoms with Crippen molar-refractivity contribution < 1.29 is 9.53 Å². The molecule has 1 N–H and O–H groups in total. The van der Waals surface area contributed by atoms with Crippen LogP contribution in [0.1, 0.15) is 25.5 Å². The largest absolute Gasteiger partial charge is 0.469 e. The van der Waals surface area contributed by atoms with Crippen molar-refractivity contribution in [1.29, 1.82) is 0 Å². The van der Waals surface area contributed by atoms with Crippen molar-refractivity contribution in [2.45, 2.75) is 19.9 Å². The molecule has 100 valence electrons. The number of carbonyl (C=O) groups excluding carboxylic acids is 1. The van der Waals surface area contributed by atoms with Gasteiger partial charge in [0.25, 0.3) is 0 Å². The van der Waals surface area contributed by atoms with Crippen molar-refractivity contribution >= 4 is 21.9 Å². The van der Waals surface area contributed by atoms with Gasteiger partial charge in [0.1, 0.15) is 0 Å². The van der Waals surface area contributed by atoms with E-state index in [0.29, 0.717) is 0 Å². The van der Waals surface area contributed by atoms with Crippen LogP contribution < -0.4 is 5.32 Å². The van der Waals surface area contributed by atoms with Crippen LogP contribution in [0.25, 0.3) is 0 Å². The standard InChI is InChI=1S/C14H20BrNO2/c1-9(2)12(14(17)18-4)13(16-3)10-6-5-7-11(15)8-10/h5-9,12-13,16H,1-4H3. The number of halogens is 1. The Morgan fingerprint density at radius 2 is 2.06 bits per heavy atom. The van der Waals surface area contributed by atoms with Gasteiger partial charge >= 0.3 is 5.97 Å². The van der Waals surface area contributed by atoms with Crippen molar-refractivity contribution in [3.63, 3.8) is 0 Å². The van der Waals surface area contributed by atoms with Crippen molar-refractivity contribution in [2.75, 3.05) is 14.2 Å². The summed E-state index contributed by atoms with van der Waals surface area (Å²) < 4.78 is 5.92. The molecular weight excluding hydrogens is 294 g/mol. The number of nitrogens with one attached hydrogen (secondary N) is 1. The summed E-state index contributed by atoms with van der Waals surface area (Å²) >= 11 is 3.46. The minimum absolute atomic E-state index is 0.0463. The average molecular weight is 314 g/mol. The molecule has 0 aliphatic rings. The van der Waals surface area contributed by atoms with E-state index in [1.807, 2.05) is 45.2 Å². The Labute approximate surface area is 117 Å². The summed E-state index contributed by atoms with van der Waals surface area (Å²) in [6, 6.07) is 7.94. The first-order valence-corrected chi connectivity index (χ1v) is 6.81. The molecule has 0 saturated carbocycles. The third-order valence-electron chi connectivity index (χ3n) is 3.07. The summed E-state index contributed by atoms with van der Waals surface area (Å²) in [7, 11) is 3.30. The lowest BCUT2D eigenvalue weighted by molar-refractivity contribution is -0.148. The number of esters is 1.